The smallest absolute Gasteiger partial charge is 0.249 e. The molecule has 4 heteroatoms. The number of rotatable bonds is 1. The quantitative estimate of drug-likeness (QED) is 0.806. The van der Waals surface area contributed by atoms with Crippen molar-refractivity contribution in [2.24, 2.45) is 5.10 Å². The molecule has 1 aliphatic rings. The molecule has 1 aromatic rings. The van der Waals surface area contributed by atoms with Crippen LogP contribution >= 0.6 is 0 Å². The molecule has 0 saturated heterocycles. The van der Waals surface area contributed by atoms with Gasteiger partial charge in [0.15, 0.2) is 0 Å². The zero-order chi connectivity index (χ0) is 12.6. The Morgan fingerprint density at radius 3 is 2.29 bits per heavy atom. The Kier molecular flexibility index (Phi) is 2.65. The molecule has 0 unspecified atom stereocenters. The lowest BCUT2D eigenvalue weighted by atomic mass is 10.1. The Hall–Kier alpha value is -1.84. The van der Waals surface area contributed by atoms with Crippen LogP contribution in [0.4, 0.5) is 0 Å². The van der Waals surface area contributed by atoms with E-state index in [0.29, 0.717) is 6.42 Å². The molecule has 1 amide bonds. The van der Waals surface area contributed by atoms with Crippen LogP contribution in [0.5, 0.6) is 5.75 Å². The number of phenolic OH excluding ortho intramolecular Hbond substituents is 1. The Bertz CT molecular complexity index is 469. The maximum Gasteiger partial charge on any atom is 0.249 e. The fourth-order valence-corrected chi connectivity index (χ4v) is 1.77. The fraction of sp³-hybridized carbons (Fsp3) is 0.385. The van der Waals surface area contributed by atoms with Gasteiger partial charge in [0.2, 0.25) is 5.91 Å². The lowest BCUT2D eigenvalue weighted by molar-refractivity contribution is -0.133. The van der Waals surface area contributed by atoms with Crippen LogP contribution in [-0.4, -0.2) is 27.3 Å². The third-order valence-corrected chi connectivity index (χ3v) is 2.61. The number of hydrogen-bond donors (Lipinski definition) is 1. The van der Waals surface area contributed by atoms with Crippen LogP contribution in [0.3, 0.4) is 0 Å². The molecule has 0 bridgehead atoms. The van der Waals surface area contributed by atoms with Gasteiger partial charge in [-0.05, 0) is 50.6 Å². The van der Waals surface area contributed by atoms with Crippen molar-refractivity contribution < 1.29 is 9.90 Å². The average Bonchev–Trinajstić information content (AvgIpc) is 2.61. The summed E-state index contributed by atoms with van der Waals surface area (Å²) in [6.45, 7) is 5.86. The fourth-order valence-electron chi connectivity index (χ4n) is 1.77. The molecule has 0 atom stereocenters. The number of amides is 1. The van der Waals surface area contributed by atoms with E-state index in [9.17, 15) is 9.90 Å². The van der Waals surface area contributed by atoms with Crippen molar-refractivity contribution in [2.75, 3.05) is 0 Å². The van der Waals surface area contributed by atoms with Gasteiger partial charge in [0.1, 0.15) is 5.75 Å². The first-order valence-electron chi connectivity index (χ1n) is 5.58. The average molecular weight is 232 g/mol. The van der Waals surface area contributed by atoms with Crippen molar-refractivity contribution in [1.82, 2.24) is 5.01 Å². The van der Waals surface area contributed by atoms with Crippen LogP contribution < -0.4 is 0 Å². The molecule has 0 spiro atoms. The van der Waals surface area contributed by atoms with Gasteiger partial charge in [0.25, 0.3) is 0 Å². The summed E-state index contributed by atoms with van der Waals surface area (Å²) in [7, 11) is 0. The minimum absolute atomic E-state index is 0.0144. The molecule has 1 aromatic carbocycles. The van der Waals surface area contributed by atoms with Gasteiger partial charge >= 0.3 is 0 Å². The van der Waals surface area contributed by atoms with Crippen molar-refractivity contribution in [3.05, 3.63) is 29.8 Å². The monoisotopic (exact) mass is 232 g/mol. The molecule has 4 nitrogen and oxygen atoms in total. The topological polar surface area (TPSA) is 52.9 Å². The molecule has 0 saturated carbocycles. The predicted molar refractivity (Wildman–Crippen MR) is 65.9 cm³/mol. The van der Waals surface area contributed by atoms with Crippen LogP contribution in [0.15, 0.2) is 29.4 Å². The Balaban J connectivity index is 2.30. The summed E-state index contributed by atoms with van der Waals surface area (Å²) in [5, 5.41) is 15.1. The van der Waals surface area contributed by atoms with Crippen molar-refractivity contribution >= 4 is 11.6 Å². The van der Waals surface area contributed by atoms with Crippen LogP contribution in [0.25, 0.3) is 0 Å². The zero-order valence-electron chi connectivity index (χ0n) is 10.3. The maximum atomic E-state index is 11.8. The summed E-state index contributed by atoms with van der Waals surface area (Å²) in [6.07, 6.45) is 0.321. The van der Waals surface area contributed by atoms with Gasteiger partial charge in [-0.15, -0.1) is 0 Å². The van der Waals surface area contributed by atoms with E-state index in [1.807, 2.05) is 20.8 Å². The first-order chi connectivity index (χ1) is 7.88. The lowest BCUT2D eigenvalue weighted by Gasteiger charge is -2.27. The number of benzene rings is 1. The number of phenols is 1. The number of hydrazone groups is 1. The Labute approximate surface area is 101 Å². The molecule has 0 aliphatic carbocycles. The molecule has 0 aromatic heterocycles. The molecule has 17 heavy (non-hydrogen) atoms. The van der Waals surface area contributed by atoms with E-state index in [4.69, 9.17) is 0 Å². The van der Waals surface area contributed by atoms with Gasteiger partial charge in [-0.3, -0.25) is 4.79 Å². The predicted octanol–water partition coefficient (Wildman–Crippen LogP) is 2.13. The highest BCUT2D eigenvalue weighted by molar-refractivity contribution is 6.13. The zero-order valence-corrected chi connectivity index (χ0v) is 10.3. The summed E-state index contributed by atoms with van der Waals surface area (Å²) >= 11 is 0. The van der Waals surface area contributed by atoms with Crippen LogP contribution in [0.2, 0.25) is 0 Å². The van der Waals surface area contributed by atoms with Crippen molar-refractivity contribution in [3.8, 4) is 5.75 Å². The van der Waals surface area contributed by atoms with E-state index in [-0.39, 0.29) is 17.2 Å². The van der Waals surface area contributed by atoms with E-state index in [1.54, 1.807) is 24.3 Å². The van der Waals surface area contributed by atoms with Crippen LogP contribution in [0, 0.1) is 0 Å². The summed E-state index contributed by atoms with van der Waals surface area (Å²) in [5.41, 5.74) is 1.34. The van der Waals surface area contributed by atoms with E-state index in [2.05, 4.69) is 5.10 Å². The first-order valence-corrected chi connectivity index (χ1v) is 5.58. The molecule has 1 N–H and O–H groups in total. The minimum atomic E-state index is -0.296. The standard InChI is InChI=1S/C13H16N2O2/c1-13(2,3)15-12(17)8-11(14-15)9-4-6-10(16)7-5-9/h4-7,16H,8H2,1-3H3. The van der Waals surface area contributed by atoms with Crippen LogP contribution in [0.1, 0.15) is 32.8 Å². The van der Waals surface area contributed by atoms with E-state index >= 15 is 0 Å². The molecule has 90 valence electrons. The first kappa shape index (κ1) is 11.6. The van der Waals surface area contributed by atoms with Crippen molar-refractivity contribution in [3.63, 3.8) is 0 Å². The van der Waals surface area contributed by atoms with Crippen molar-refractivity contribution in [2.45, 2.75) is 32.7 Å². The van der Waals surface area contributed by atoms with Gasteiger partial charge in [-0.2, -0.15) is 5.10 Å². The molecule has 1 heterocycles. The van der Waals surface area contributed by atoms with Gasteiger partial charge in [0.05, 0.1) is 17.7 Å². The number of nitrogens with zero attached hydrogens (tertiary/aromatic N) is 2. The minimum Gasteiger partial charge on any atom is -0.508 e. The normalized spacial score (nSPS) is 16.3. The van der Waals surface area contributed by atoms with E-state index in [0.717, 1.165) is 11.3 Å². The molecule has 2 rings (SSSR count). The molecular weight excluding hydrogens is 216 g/mol. The van der Waals surface area contributed by atoms with Crippen LogP contribution in [-0.2, 0) is 4.79 Å². The third kappa shape index (κ3) is 2.30. The number of aromatic hydroxyl groups is 1. The Morgan fingerprint density at radius 1 is 1.24 bits per heavy atom. The van der Waals surface area contributed by atoms with E-state index < -0.39 is 0 Å². The Morgan fingerprint density at radius 2 is 1.82 bits per heavy atom. The summed E-state index contributed by atoms with van der Waals surface area (Å²) in [6, 6.07) is 6.74. The second-order valence-corrected chi connectivity index (χ2v) is 5.15. The maximum absolute atomic E-state index is 11.8. The second kappa shape index (κ2) is 3.87. The van der Waals surface area contributed by atoms with Gasteiger partial charge < -0.3 is 5.11 Å². The van der Waals surface area contributed by atoms with Crippen molar-refractivity contribution in [1.29, 1.82) is 0 Å². The highest BCUT2D eigenvalue weighted by Crippen LogP contribution is 2.23. The number of carbonyl (C=O) groups is 1. The summed E-state index contributed by atoms with van der Waals surface area (Å²) in [5.74, 6) is 0.229. The van der Waals surface area contributed by atoms with Gasteiger partial charge in [-0.25, -0.2) is 5.01 Å². The lowest BCUT2D eigenvalue weighted by Crippen LogP contribution is -2.38. The highest BCUT2D eigenvalue weighted by atomic mass is 16.3. The number of carbonyl (C=O) groups excluding carboxylic acids is 1. The van der Waals surface area contributed by atoms with Gasteiger partial charge in [-0.1, -0.05) is 0 Å². The summed E-state index contributed by atoms with van der Waals surface area (Å²) < 4.78 is 0. The summed E-state index contributed by atoms with van der Waals surface area (Å²) in [4.78, 5) is 11.8. The molecule has 0 radical (unpaired) electrons. The third-order valence-electron chi connectivity index (χ3n) is 2.61. The number of hydrogen-bond acceptors (Lipinski definition) is 3. The van der Waals surface area contributed by atoms with E-state index in [1.165, 1.54) is 5.01 Å². The molecule has 0 fully saturated rings. The SMILES string of the molecule is CC(C)(C)N1N=C(c2ccc(O)cc2)CC1=O. The molecule has 1 aliphatic heterocycles. The molecular formula is C13H16N2O2. The highest BCUT2D eigenvalue weighted by Gasteiger charge is 2.32. The largest absolute Gasteiger partial charge is 0.508 e. The van der Waals surface area contributed by atoms with Gasteiger partial charge in [0, 0.05) is 0 Å². The second-order valence-electron chi connectivity index (χ2n) is 5.15.